The largest absolute Gasteiger partial charge is 0.506 e. The maximum atomic E-state index is 11.7. The number of rotatable bonds is 2. The highest BCUT2D eigenvalue weighted by Gasteiger charge is 2.08. The molecule has 1 aromatic heterocycles. The van der Waals surface area contributed by atoms with Crippen LogP contribution in [-0.4, -0.2) is 14.9 Å². The molecule has 4 nitrogen and oxygen atoms in total. The molecule has 1 aromatic carbocycles. The van der Waals surface area contributed by atoms with Crippen LogP contribution in [0.25, 0.3) is 5.69 Å². The summed E-state index contributed by atoms with van der Waals surface area (Å²) in [6.07, 6.45) is 0. The first kappa shape index (κ1) is 11.7. The molecule has 0 fully saturated rings. The van der Waals surface area contributed by atoms with Crippen molar-refractivity contribution >= 4 is 11.6 Å². The molecule has 0 saturated carbocycles. The number of aryl methyl sites for hydroxylation is 1. The van der Waals surface area contributed by atoms with E-state index < -0.39 is 0 Å². The molecule has 2 aromatic rings. The third-order valence-corrected chi connectivity index (χ3v) is 2.61. The Balaban J connectivity index is 2.63. The van der Waals surface area contributed by atoms with Crippen molar-refractivity contribution in [3.05, 3.63) is 51.9 Å². The van der Waals surface area contributed by atoms with Gasteiger partial charge >= 0.3 is 0 Å². The van der Waals surface area contributed by atoms with Gasteiger partial charge in [-0.3, -0.25) is 4.79 Å². The van der Waals surface area contributed by atoms with Crippen molar-refractivity contribution in [2.45, 2.75) is 12.8 Å². The summed E-state index contributed by atoms with van der Waals surface area (Å²) in [5.41, 5.74) is 1.58. The van der Waals surface area contributed by atoms with Gasteiger partial charge in [0.15, 0.2) is 0 Å². The smallest absolute Gasteiger partial charge is 0.275 e. The van der Waals surface area contributed by atoms with Crippen LogP contribution in [-0.2, 0) is 5.88 Å². The second kappa shape index (κ2) is 4.59. The van der Waals surface area contributed by atoms with Gasteiger partial charge in [-0.1, -0.05) is 12.1 Å². The maximum Gasteiger partial charge on any atom is 0.275 e. The number of halogens is 1. The zero-order valence-electron chi connectivity index (χ0n) is 9.22. The predicted octanol–water partition coefficient (Wildman–Crippen LogP) is 1.99. The number of hydrogen-bond donors (Lipinski definition) is 1. The molecule has 0 aliphatic rings. The summed E-state index contributed by atoms with van der Waals surface area (Å²) in [4.78, 5) is 11.7. The van der Waals surface area contributed by atoms with Gasteiger partial charge in [0, 0.05) is 6.07 Å². The summed E-state index contributed by atoms with van der Waals surface area (Å²) in [6, 6.07) is 8.50. The van der Waals surface area contributed by atoms with Crippen LogP contribution in [0.1, 0.15) is 11.3 Å². The van der Waals surface area contributed by atoms with Gasteiger partial charge in [-0.25, -0.2) is 0 Å². The number of nitrogens with zero attached hydrogens (tertiary/aromatic N) is 2. The quantitative estimate of drug-likeness (QED) is 0.830. The highest BCUT2D eigenvalue weighted by molar-refractivity contribution is 6.17. The number of hydrogen-bond acceptors (Lipinski definition) is 3. The van der Waals surface area contributed by atoms with E-state index in [2.05, 4.69) is 5.10 Å². The monoisotopic (exact) mass is 250 g/mol. The summed E-state index contributed by atoms with van der Waals surface area (Å²) in [5.74, 6) is -0.119. The average molecular weight is 251 g/mol. The summed E-state index contributed by atoms with van der Waals surface area (Å²) in [5, 5.41) is 13.5. The highest BCUT2D eigenvalue weighted by Crippen LogP contribution is 2.14. The van der Waals surface area contributed by atoms with E-state index in [0.29, 0.717) is 5.69 Å². The molecular formula is C12H11ClN2O2. The Labute approximate surface area is 103 Å². The lowest BCUT2D eigenvalue weighted by atomic mass is 10.2. The molecule has 1 N–H and O–H groups in total. The van der Waals surface area contributed by atoms with Crippen LogP contribution in [0.4, 0.5) is 0 Å². The van der Waals surface area contributed by atoms with Crippen LogP contribution >= 0.6 is 11.6 Å². The van der Waals surface area contributed by atoms with E-state index in [4.69, 9.17) is 11.6 Å². The van der Waals surface area contributed by atoms with Crippen LogP contribution in [0.3, 0.4) is 0 Å². The molecule has 0 aliphatic carbocycles. The minimum absolute atomic E-state index is 0.0535. The molecule has 0 amide bonds. The van der Waals surface area contributed by atoms with Crippen molar-refractivity contribution in [2.75, 3.05) is 0 Å². The van der Waals surface area contributed by atoms with Crippen molar-refractivity contribution in [3.8, 4) is 11.4 Å². The van der Waals surface area contributed by atoms with Gasteiger partial charge in [0.05, 0.1) is 11.6 Å². The summed E-state index contributed by atoms with van der Waals surface area (Å²) >= 11 is 5.64. The van der Waals surface area contributed by atoms with Crippen molar-refractivity contribution in [1.29, 1.82) is 0 Å². The number of aromatic nitrogens is 2. The first-order valence-electron chi connectivity index (χ1n) is 5.07. The fourth-order valence-corrected chi connectivity index (χ4v) is 1.71. The topological polar surface area (TPSA) is 55.1 Å². The summed E-state index contributed by atoms with van der Waals surface area (Å²) in [7, 11) is 0. The molecule has 1 heterocycles. The van der Waals surface area contributed by atoms with Crippen LogP contribution in [0.2, 0.25) is 0 Å². The zero-order chi connectivity index (χ0) is 12.4. The first-order chi connectivity index (χ1) is 8.11. The predicted molar refractivity (Wildman–Crippen MR) is 65.8 cm³/mol. The molecule has 0 unspecified atom stereocenters. The van der Waals surface area contributed by atoms with Crippen molar-refractivity contribution in [1.82, 2.24) is 9.78 Å². The highest BCUT2D eigenvalue weighted by atomic mass is 35.5. The Morgan fingerprint density at radius 3 is 2.82 bits per heavy atom. The van der Waals surface area contributed by atoms with Crippen LogP contribution < -0.4 is 5.56 Å². The Morgan fingerprint density at radius 2 is 2.18 bits per heavy atom. The van der Waals surface area contributed by atoms with E-state index in [1.165, 1.54) is 4.68 Å². The van der Waals surface area contributed by atoms with Crippen LogP contribution in [0.15, 0.2) is 35.1 Å². The van der Waals surface area contributed by atoms with Gasteiger partial charge < -0.3 is 5.11 Å². The normalized spacial score (nSPS) is 10.5. The van der Waals surface area contributed by atoms with Crippen molar-refractivity contribution in [2.24, 2.45) is 0 Å². The second-order valence-corrected chi connectivity index (χ2v) is 3.97. The minimum Gasteiger partial charge on any atom is -0.506 e. The SMILES string of the molecule is Cc1cccc(-n2nc(CCl)c(O)cc2=O)c1. The van der Waals surface area contributed by atoms with Gasteiger partial charge in [0.2, 0.25) is 0 Å². The van der Waals surface area contributed by atoms with Gasteiger partial charge in [-0.2, -0.15) is 9.78 Å². The fraction of sp³-hybridized carbons (Fsp3) is 0.167. The van der Waals surface area contributed by atoms with Crippen molar-refractivity contribution in [3.63, 3.8) is 0 Å². The number of alkyl halides is 1. The summed E-state index contributed by atoms with van der Waals surface area (Å²) < 4.78 is 1.23. The van der Waals surface area contributed by atoms with Gasteiger partial charge in [-0.05, 0) is 24.6 Å². The fourth-order valence-electron chi connectivity index (χ4n) is 1.52. The Bertz CT molecular complexity index is 608. The van der Waals surface area contributed by atoms with Crippen LogP contribution in [0, 0.1) is 6.92 Å². The lowest BCUT2D eigenvalue weighted by Crippen LogP contribution is -2.21. The molecule has 0 atom stereocenters. The Morgan fingerprint density at radius 1 is 1.41 bits per heavy atom. The van der Waals surface area contributed by atoms with Gasteiger partial charge in [0.1, 0.15) is 11.4 Å². The second-order valence-electron chi connectivity index (χ2n) is 3.70. The zero-order valence-corrected chi connectivity index (χ0v) is 9.98. The maximum absolute atomic E-state index is 11.7. The molecule has 0 aliphatic heterocycles. The van der Waals surface area contributed by atoms with E-state index in [1.54, 1.807) is 6.07 Å². The minimum atomic E-state index is -0.387. The molecule has 0 spiro atoms. The lowest BCUT2D eigenvalue weighted by molar-refractivity contribution is 0.460. The van der Waals surface area contributed by atoms with E-state index in [1.807, 2.05) is 25.1 Å². The van der Waals surface area contributed by atoms with Gasteiger partial charge in [0.25, 0.3) is 5.56 Å². The van der Waals surface area contributed by atoms with E-state index in [9.17, 15) is 9.90 Å². The molecular weight excluding hydrogens is 240 g/mol. The van der Waals surface area contributed by atoms with E-state index in [0.717, 1.165) is 11.6 Å². The standard InChI is InChI=1S/C12H11ClN2O2/c1-8-3-2-4-9(5-8)15-12(17)6-11(16)10(7-13)14-15/h2-6,16H,7H2,1H3. The molecule has 88 valence electrons. The van der Waals surface area contributed by atoms with Crippen LogP contribution in [0.5, 0.6) is 5.75 Å². The van der Waals surface area contributed by atoms with Crippen molar-refractivity contribution < 1.29 is 5.11 Å². The van der Waals surface area contributed by atoms with E-state index >= 15 is 0 Å². The Kier molecular flexibility index (Phi) is 3.15. The molecule has 17 heavy (non-hydrogen) atoms. The third-order valence-electron chi connectivity index (χ3n) is 2.36. The molecule has 2 rings (SSSR count). The third kappa shape index (κ3) is 2.31. The first-order valence-corrected chi connectivity index (χ1v) is 5.60. The molecule has 0 bridgehead atoms. The number of aromatic hydroxyl groups is 1. The molecule has 0 radical (unpaired) electrons. The Hall–Kier alpha value is -1.81. The van der Waals surface area contributed by atoms with E-state index in [-0.39, 0.29) is 22.9 Å². The number of benzene rings is 1. The average Bonchev–Trinajstić information content (AvgIpc) is 2.29. The molecule has 5 heteroatoms. The van der Waals surface area contributed by atoms with Gasteiger partial charge in [-0.15, -0.1) is 11.6 Å². The molecule has 0 saturated heterocycles. The lowest BCUT2D eigenvalue weighted by Gasteiger charge is -2.07. The summed E-state index contributed by atoms with van der Waals surface area (Å²) in [6.45, 7) is 1.93.